The number of aliphatic hydroxyl groups is 1. The number of aromatic nitrogens is 3. The molecule has 0 bridgehead atoms. The summed E-state index contributed by atoms with van der Waals surface area (Å²) in [5.41, 5.74) is -0.309. The topological polar surface area (TPSA) is 117 Å². The zero-order chi connectivity index (χ0) is 32.0. The zero-order valence-electron chi connectivity index (χ0n) is 24.5. The van der Waals surface area contributed by atoms with Crippen LogP contribution < -0.4 is 4.74 Å². The standard InChI is InChI=1S/C30H32F3N5O5S/c1-18-16-36(25(17-39)21-6-5-7-23(14-21)44(4,41)42)12-13-37(18)29(40)24-15-34-38-27(30(31,32)33)19(2)26(35-28(24)38)20-8-10-22(43-3)11-9-20/h5-11,14-15,18,25,39H,12-13,16-17H2,1-4H3/t18-,25+/m1/s1. The number of amides is 1. The van der Waals surface area contributed by atoms with Crippen LogP contribution in [0.2, 0.25) is 0 Å². The van der Waals surface area contributed by atoms with Crippen molar-refractivity contribution in [3.63, 3.8) is 0 Å². The van der Waals surface area contributed by atoms with E-state index in [9.17, 15) is 31.5 Å². The quantitative estimate of drug-likeness (QED) is 0.325. The van der Waals surface area contributed by atoms with Gasteiger partial charge in [0.25, 0.3) is 5.91 Å². The molecular formula is C30H32F3N5O5S. The minimum atomic E-state index is -4.77. The third kappa shape index (κ3) is 5.88. The van der Waals surface area contributed by atoms with Crippen molar-refractivity contribution in [3.05, 3.63) is 77.1 Å². The number of hydrogen-bond acceptors (Lipinski definition) is 8. The van der Waals surface area contributed by atoms with Gasteiger partial charge in [-0.1, -0.05) is 12.1 Å². The molecule has 44 heavy (non-hydrogen) atoms. The number of methoxy groups -OCH3 is 1. The molecule has 3 heterocycles. The van der Waals surface area contributed by atoms with Gasteiger partial charge in [-0.25, -0.2) is 17.9 Å². The smallest absolute Gasteiger partial charge is 0.433 e. The lowest BCUT2D eigenvalue weighted by molar-refractivity contribution is -0.143. The number of fused-ring (bicyclic) bond motifs is 1. The SMILES string of the molecule is COc1ccc(-c2nc3c(C(=O)N4CCN([C@@H](CO)c5cccc(S(C)(=O)=O)c5)C[C@H]4C)cnn3c(C(F)(F)F)c2C)cc1. The fourth-order valence-corrected chi connectivity index (χ4v) is 6.37. The molecule has 0 aliphatic carbocycles. The Morgan fingerprint density at radius 1 is 1.16 bits per heavy atom. The van der Waals surface area contributed by atoms with Crippen molar-refractivity contribution >= 4 is 21.4 Å². The number of ether oxygens (including phenoxy) is 1. The van der Waals surface area contributed by atoms with E-state index in [4.69, 9.17) is 4.74 Å². The number of carbonyl (C=O) groups excluding carboxylic acids is 1. The Morgan fingerprint density at radius 2 is 1.86 bits per heavy atom. The highest BCUT2D eigenvalue weighted by atomic mass is 32.2. The fourth-order valence-electron chi connectivity index (χ4n) is 5.70. The van der Waals surface area contributed by atoms with E-state index in [0.29, 0.717) is 34.5 Å². The molecule has 1 fully saturated rings. The van der Waals surface area contributed by atoms with E-state index in [1.807, 2.05) is 4.90 Å². The van der Waals surface area contributed by atoms with E-state index in [-0.39, 0.29) is 40.5 Å². The van der Waals surface area contributed by atoms with Crippen LogP contribution in [0.4, 0.5) is 13.2 Å². The molecule has 5 rings (SSSR count). The number of rotatable bonds is 7. The van der Waals surface area contributed by atoms with Gasteiger partial charge in [0.2, 0.25) is 0 Å². The second-order valence-electron chi connectivity index (χ2n) is 10.8. The number of benzene rings is 2. The van der Waals surface area contributed by atoms with Crippen LogP contribution >= 0.6 is 0 Å². The third-order valence-corrected chi connectivity index (χ3v) is 9.06. The van der Waals surface area contributed by atoms with Gasteiger partial charge >= 0.3 is 6.18 Å². The minimum absolute atomic E-state index is 0.0647. The highest BCUT2D eigenvalue weighted by Crippen LogP contribution is 2.37. The molecule has 2 aromatic heterocycles. The summed E-state index contributed by atoms with van der Waals surface area (Å²) < 4.78 is 73.0. The lowest BCUT2D eigenvalue weighted by atomic mass is 10.0. The van der Waals surface area contributed by atoms with Crippen LogP contribution in [-0.2, 0) is 16.0 Å². The van der Waals surface area contributed by atoms with Gasteiger partial charge in [-0.3, -0.25) is 9.69 Å². The maximum Gasteiger partial charge on any atom is 0.433 e. The normalized spacial score (nSPS) is 17.2. The number of hydrogen-bond donors (Lipinski definition) is 1. The number of carbonyl (C=O) groups is 1. The zero-order valence-corrected chi connectivity index (χ0v) is 25.4. The average Bonchev–Trinajstić information content (AvgIpc) is 3.39. The summed E-state index contributed by atoms with van der Waals surface area (Å²) in [7, 11) is -1.97. The Labute approximate surface area is 252 Å². The average molecular weight is 632 g/mol. The van der Waals surface area contributed by atoms with E-state index < -0.39 is 39.7 Å². The lowest BCUT2D eigenvalue weighted by Crippen LogP contribution is -2.55. The highest BCUT2D eigenvalue weighted by molar-refractivity contribution is 7.90. The molecule has 10 nitrogen and oxygen atoms in total. The second kappa shape index (κ2) is 11.8. The molecule has 0 spiro atoms. The maximum absolute atomic E-state index is 14.3. The van der Waals surface area contributed by atoms with Crippen molar-refractivity contribution in [1.29, 1.82) is 0 Å². The Morgan fingerprint density at radius 3 is 2.45 bits per heavy atom. The van der Waals surface area contributed by atoms with Crippen LogP contribution in [0.25, 0.3) is 16.9 Å². The van der Waals surface area contributed by atoms with Gasteiger partial charge in [0.05, 0.1) is 36.5 Å². The Balaban J connectivity index is 1.47. The molecule has 0 radical (unpaired) electrons. The lowest BCUT2D eigenvalue weighted by Gasteiger charge is -2.43. The summed E-state index contributed by atoms with van der Waals surface area (Å²) in [4.78, 5) is 22.0. The van der Waals surface area contributed by atoms with Crippen LogP contribution in [0.3, 0.4) is 0 Å². The number of alkyl halides is 3. The van der Waals surface area contributed by atoms with Crippen molar-refractivity contribution < 1.29 is 36.2 Å². The van der Waals surface area contributed by atoms with E-state index in [2.05, 4.69) is 10.1 Å². The van der Waals surface area contributed by atoms with Gasteiger partial charge in [0.15, 0.2) is 21.2 Å². The number of aliphatic hydroxyl groups excluding tert-OH is 1. The molecule has 234 valence electrons. The van der Waals surface area contributed by atoms with Crippen molar-refractivity contribution in [3.8, 4) is 17.0 Å². The van der Waals surface area contributed by atoms with Crippen LogP contribution in [0.5, 0.6) is 5.75 Å². The van der Waals surface area contributed by atoms with Crippen molar-refractivity contribution in [2.45, 2.75) is 37.0 Å². The van der Waals surface area contributed by atoms with Gasteiger partial charge in [0.1, 0.15) is 11.3 Å². The van der Waals surface area contributed by atoms with Gasteiger partial charge in [-0.2, -0.15) is 18.3 Å². The first-order valence-electron chi connectivity index (χ1n) is 13.8. The summed E-state index contributed by atoms with van der Waals surface area (Å²) in [6, 6.07) is 11.9. The van der Waals surface area contributed by atoms with Crippen molar-refractivity contribution in [1.82, 2.24) is 24.4 Å². The Hall–Kier alpha value is -4.01. The molecule has 2 atom stereocenters. The van der Waals surface area contributed by atoms with E-state index in [1.54, 1.807) is 48.2 Å². The molecule has 2 aromatic carbocycles. The molecule has 4 aromatic rings. The van der Waals surface area contributed by atoms with Crippen LogP contribution in [0.15, 0.2) is 59.6 Å². The van der Waals surface area contributed by atoms with Crippen LogP contribution in [0.1, 0.15) is 40.1 Å². The summed E-state index contributed by atoms with van der Waals surface area (Å²) in [5.74, 6) is 0.0142. The second-order valence-corrected chi connectivity index (χ2v) is 12.9. The van der Waals surface area contributed by atoms with Gasteiger partial charge in [-0.15, -0.1) is 0 Å². The molecule has 1 N–H and O–H groups in total. The predicted molar refractivity (Wildman–Crippen MR) is 156 cm³/mol. The minimum Gasteiger partial charge on any atom is -0.497 e. The molecule has 1 aliphatic heterocycles. The van der Waals surface area contributed by atoms with Crippen LogP contribution in [-0.4, -0.2) is 89.5 Å². The summed E-state index contributed by atoms with van der Waals surface area (Å²) in [5, 5.41) is 14.2. The third-order valence-electron chi connectivity index (χ3n) is 7.95. The first kappa shape index (κ1) is 31.4. The van der Waals surface area contributed by atoms with E-state index >= 15 is 0 Å². The van der Waals surface area contributed by atoms with E-state index in [0.717, 1.165) is 12.5 Å². The number of piperazine rings is 1. The van der Waals surface area contributed by atoms with Gasteiger partial charge in [0, 0.05) is 43.1 Å². The van der Waals surface area contributed by atoms with Gasteiger partial charge < -0.3 is 14.7 Å². The van der Waals surface area contributed by atoms with Crippen molar-refractivity contribution in [2.75, 3.05) is 39.6 Å². The largest absolute Gasteiger partial charge is 0.497 e. The van der Waals surface area contributed by atoms with Crippen molar-refractivity contribution in [2.24, 2.45) is 0 Å². The monoisotopic (exact) mass is 631 g/mol. The summed E-state index contributed by atoms with van der Waals surface area (Å²) in [6.07, 6.45) is -2.55. The fraction of sp³-hybridized carbons (Fsp3) is 0.367. The Kier molecular flexibility index (Phi) is 8.44. The molecule has 1 amide bonds. The first-order valence-corrected chi connectivity index (χ1v) is 15.7. The molecule has 14 heteroatoms. The number of halogens is 3. The van der Waals surface area contributed by atoms with Crippen LogP contribution in [0, 0.1) is 6.92 Å². The highest BCUT2D eigenvalue weighted by Gasteiger charge is 2.40. The molecule has 1 saturated heterocycles. The number of nitrogens with zero attached hydrogens (tertiary/aromatic N) is 5. The van der Waals surface area contributed by atoms with Gasteiger partial charge in [-0.05, 0) is 55.8 Å². The Bertz CT molecular complexity index is 1810. The van der Waals surface area contributed by atoms with E-state index in [1.165, 1.54) is 26.2 Å². The predicted octanol–water partition coefficient (Wildman–Crippen LogP) is 4.02. The molecule has 1 aliphatic rings. The first-order chi connectivity index (χ1) is 20.7. The molecular weight excluding hydrogens is 599 g/mol. The summed E-state index contributed by atoms with van der Waals surface area (Å²) in [6.45, 7) is 3.72. The maximum atomic E-state index is 14.3. The summed E-state index contributed by atoms with van der Waals surface area (Å²) >= 11 is 0. The molecule has 0 unspecified atom stereocenters. The molecule has 0 saturated carbocycles. The number of sulfone groups is 1.